The number of hydrogen-bond donors (Lipinski definition) is 0. The van der Waals surface area contributed by atoms with Crippen molar-refractivity contribution in [2.45, 2.75) is 12.1 Å². The third kappa shape index (κ3) is 3.86. The number of aromatic nitrogens is 1. The van der Waals surface area contributed by atoms with Gasteiger partial charge >= 0.3 is 0 Å². The summed E-state index contributed by atoms with van der Waals surface area (Å²) < 4.78 is 0. The maximum absolute atomic E-state index is 4.59. The molecule has 1 nitrogen and oxygen atoms in total. The molecular formula is C28H24NP. The van der Waals surface area contributed by atoms with Crippen molar-refractivity contribution < 1.29 is 0 Å². The second-order valence-electron chi connectivity index (χ2n) is 7.59. The van der Waals surface area contributed by atoms with Crippen LogP contribution >= 0.6 is 7.92 Å². The molecule has 1 aliphatic carbocycles. The molecule has 1 aliphatic rings. The SMILES string of the molecule is C1=Cc2ccccc2C(P(CCc2ccccn2)c2ccccc2)c2ccccc21. The van der Waals surface area contributed by atoms with E-state index in [0.29, 0.717) is 5.66 Å². The summed E-state index contributed by atoms with van der Waals surface area (Å²) in [5, 5.41) is 1.46. The lowest BCUT2D eigenvalue weighted by atomic mass is 9.99. The van der Waals surface area contributed by atoms with Crippen LogP contribution in [0.3, 0.4) is 0 Å². The van der Waals surface area contributed by atoms with Gasteiger partial charge in [0, 0.05) is 17.5 Å². The molecule has 0 bridgehead atoms. The van der Waals surface area contributed by atoms with Gasteiger partial charge in [-0.05, 0) is 52.3 Å². The molecule has 146 valence electrons. The molecule has 1 atom stereocenters. The predicted molar refractivity (Wildman–Crippen MR) is 129 cm³/mol. The van der Waals surface area contributed by atoms with Gasteiger partial charge in [0.2, 0.25) is 0 Å². The molecule has 30 heavy (non-hydrogen) atoms. The zero-order valence-corrected chi connectivity index (χ0v) is 17.8. The quantitative estimate of drug-likeness (QED) is 0.337. The summed E-state index contributed by atoms with van der Waals surface area (Å²) in [6.07, 6.45) is 8.58. The number of fused-ring (bicyclic) bond motifs is 2. The zero-order valence-electron chi connectivity index (χ0n) is 16.9. The molecule has 1 heterocycles. The zero-order chi connectivity index (χ0) is 20.2. The highest BCUT2D eigenvalue weighted by molar-refractivity contribution is 7.66. The first-order chi connectivity index (χ1) is 14.9. The van der Waals surface area contributed by atoms with Gasteiger partial charge < -0.3 is 0 Å². The lowest BCUT2D eigenvalue weighted by Gasteiger charge is -2.30. The van der Waals surface area contributed by atoms with Gasteiger partial charge in [0.25, 0.3) is 0 Å². The van der Waals surface area contributed by atoms with E-state index in [1.165, 1.54) is 33.3 Å². The van der Waals surface area contributed by atoms with E-state index in [1.54, 1.807) is 0 Å². The molecule has 0 N–H and O–H groups in total. The lowest BCUT2D eigenvalue weighted by molar-refractivity contribution is 1.03. The molecule has 0 amide bonds. The van der Waals surface area contributed by atoms with E-state index in [4.69, 9.17) is 0 Å². The highest BCUT2D eigenvalue weighted by Gasteiger charge is 2.29. The van der Waals surface area contributed by atoms with Crippen LogP contribution in [0.25, 0.3) is 12.2 Å². The van der Waals surface area contributed by atoms with E-state index in [2.05, 4.69) is 108 Å². The Bertz CT molecular complexity index is 1100. The van der Waals surface area contributed by atoms with Crippen molar-refractivity contribution >= 4 is 25.4 Å². The first-order valence-corrected chi connectivity index (χ1v) is 12.1. The van der Waals surface area contributed by atoms with Gasteiger partial charge in [-0.1, -0.05) is 105 Å². The Kier molecular flexibility index (Phi) is 5.55. The summed E-state index contributed by atoms with van der Waals surface area (Å²) in [5.74, 6) is 0. The van der Waals surface area contributed by atoms with Crippen molar-refractivity contribution in [3.63, 3.8) is 0 Å². The Balaban J connectivity index is 1.63. The van der Waals surface area contributed by atoms with Crippen LogP contribution in [0.1, 0.15) is 33.6 Å². The number of rotatable bonds is 5. The topological polar surface area (TPSA) is 12.9 Å². The highest BCUT2D eigenvalue weighted by Crippen LogP contribution is 2.56. The Morgan fingerprint density at radius 3 is 1.87 bits per heavy atom. The third-order valence-corrected chi connectivity index (χ3v) is 8.60. The fraction of sp³-hybridized carbons (Fsp3) is 0.107. The van der Waals surface area contributed by atoms with Crippen LogP contribution in [0.4, 0.5) is 0 Å². The minimum absolute atomic E-state index is 0.369. The molecule has 1 unspecified atom stereocenters. The highest BCUT2D eigenvalue weighted by atomic mass is 31.1. The number of nitrogens with zero attached hydrogens (tertiary/aromatic N) is 1. The normalized spacial score (nSPS) is 13.9. The maximum atomic E-state index is 4.59. The molecule has 0 radical (unpaired) electrons. The summed E-state index contributed by atoms with van der Waals surface area (Å²) in [4.78, 5) is 4.59. The largest absolute Gasteiger partial charge is 0.261 e. The smallest absolute Gasteiger partial charge is 0.0407 e. The van der Waals surface area contributed by atoms with Crippen LogP contribution in [0, 0.1) is 0 Å². The molecule has 2 heteroatoms. The average Bonchev–Trinajstić information content (AvgIpc) is 2.98. The number of aryl methyl sites for hydroxylation is 1. The number of benzene rings is 3. The van der Waals surface area contributed by atoms with Gasteiger partial charge in [-0.15, -0.1) is 0 Å². The number of hydrogen-bond acceptors (Lipinski definition) is 1. The molecule has 0 spiro atoms. The first kappa shape index (κ1) is 19.0. The fourth-order valence-electron chi connectivity index (χ4n) is 4.31. The van der Waals surface area contributed by atoms with Crippen molar-refractivity contribution in [2.24, 2.45) is 0 Å². The molecule has 5 rings (SSSR count). The van der Waals surface area contributed by atoms with E-state index >= 15 is 0 Å². The maximum Gasteiger partial charge on any atom is 0.0407 e. The Hall–Kier alpha value is -3.02. The molecule has 0 saturated carbocycles. The average molecular weight is 405 g/mol. The van der Waals surface area contributed by atoms with Crippen molar-refractivity contribution in [2.75, 3.05) is 6.16 Å². The van der Waals surface area contributed by atoms with Crippen LogP contribution in [-0.4, -0.2) is 11.1 Å². The molecule has 4 aromatic rings. The second kappa shape index (κ2) is 8.78. The van der Waals surface area contributed by atoms with Gasteiger partial charge in [0.15, 0.2) is 0 Å². The Morgan fingerprint density at radius 2 is 1.23 bits per heavy atom. The predicted octanol–water partition coefficient (Wildman–Crippen LogP) is 6.70. The molecular weight excluding hydrogens is 381 g/mol. The van der Waals surface area contributed by atoms with Crippen molar-refractivity contribution in [3.8, 4) is 0 Å². The minimum atomic E-state index is -0.468. The van der Waals surface area contributed by atoms with Crippen LogP contribution in [0.5, 0.6) is 0 Å². The molecule has 0 aliphatic heterocycles. The van der Waals surface area contributed by atoms with E-state index in [-0.39, 0.29) is 0 Å². The monoisotopic (exact) mass is 405 g/mol. The van der Waals surface area contributed by atoms with Crippen molar-refractivity contribution in [3.05, 3.63) is 131 Å². The van der Waals surface area contributed by atoms with E-state index in [1.807, 2.05) is 12.3 Å². The van der Waals surface area contributed by atoms with Crippen LogP contribution < -0.4 is 5.30 Å². The summed E-state index contributed by atoms with van der Waals surface area (Å²) in [5.41, 5.74) is 7.09. The summed E-state index contributed by atoms with van der Waals surface area (Å²) in [6, 6.07) is 35.2. The summed E-state index contributed by atoms with van der Waals surface area (Å²) in [7, 11) is -0.468. The Labute approximate surface area is 179 Å². The van der Waals surface area contributed by atoms with Gasteiger partial charge in [0.1, 0.15) is 0 Å². The third-order valence-electron chi connectivity index (χ3n) is 5.76. The van der Waals surface area contributed by atoms with Crippen molar-refractivity contribution in [1.82, 2.24) is 4.98 Å². The van der Waals surface area contributed by atoms with Crippen LogP contribution in [0.15, 0.2) is 103 Å². The van der Waals surface area contributed by atoms with Gasteiger partial charge in [-0.3, -0.25) is 4.98 Å². The molecule has 0 saturated heterocycles. The molecule has 3 aromatic carbocycles. The fourth-order valence-corrected chi connectivity index (χ4v) is 7.30. The summed E-state index contributed by atoms with van der Waals surface area (Å²) >= 11 is 0. The second-order valence-corrected chi connectivity index (χ2v) is 10.0. The standard InChI is InChI=1S/C28H24NP/c1-2-13-25(14-3-1)30(21-19-24-12-8-9-20-29-24)28-26-15-6-4-10-22(26)17-18-23-11-5-7-16-27(23)28/h1-18,20,28H,19,21H2. The van der Waals surface area contributed by atoms with Crippen LogP contribution in [-0.2, 0) is 6.42 Å². The van der Waals surface area contributed by atoms with E-state index < -0.39 is 7.92 Å². The lowest BCUT2D eigenvalue weighted by Crippen LogP contribution is -2.14. The van der Waals surface area contributed by atoms with Gasteiger partial charge in [-0.25, -0.2) is 0 Å². The Morgan fingerprint density at radius 1 is 0.633 bits per heavy atom. The minimum Gasteiger partial charge on any atom is -0.261 e. The molecule has 0 fully saturated rings. The summed E-state index contributed by atoms with van der Waals surface area (Å²) in [6.45, 7) is 0. The van der Waals surface area contributed by atoms with E-state index in [9.17, 15) is 0 Å². The van der Waals surface area contributed by atoms with Crippen molar-refractivity contribution in [1.29, 1.82) is 0 Å². The van der Waals surface area contributed by atoms with Gasteiger partial charge in [0.05, 0.1) is 0 Å². The van der Waals surface area contributed by atoms with Crippen LogP contribution in [0.2, 0.25) is 0 Å². The first-order valence-electron chi connectivity index (χ1n) is 10.5. The molecule has 1 aromatic heterocycles. The van der Waals surface area contributed by atoms with Gasteiger partial charge in [-0.2, -0.15) is 0 Å². The number of pyridine rings is 1. The van der Waals surface area contributed by atoms with E-state index in [0.717, 1.165) is 12.6 Å².